The van der Waals surface area contributed by atoms with Crippen LogP contribution in [0.2, 0.25) is 0 Å². The van der Waals surface area contributed by atoms with Gasteiger partial charge in [-0.05, 0) is 62.3 Å². The number of hydrogen-bond acceptors (Lipinski definition) is 10. The van der Waals surface area contributed by atoms with Gasteiger partial charge in [-0.1, -0.05) is 0 Å². The van der Waals surface area contributed by atoms with Crippen molar-refractivity contribution in [3.8, 4) is 0 Å². The van der Waals surface area contributed by atoms with Gasteiger partial charge in [0.25, 0.3) is 5.60 Å². The molecule has 29 heavy (non-hydrogen) atoms. The van der Waals surface area contributed by atoms with E-state index < -0.39 is 58.0 Å². The van der Waals surface area contributed by atoms with Gasteiger partial charge in [0.1, 0.15) is 16.8 Å². The molecule has 1 rings (SSSR count). The molecule has 0 saturated carbocycles. The number of hydrogen-bond donors (Lipinski definition) is 2. The van der Waals surface area contributed by atoms with Crippen molar-refractivity contribution in [3.63, 3.8) is 0 Å². The van der Waals surface area contributed by atoms with Crippen LogP contribution in [0.25, 0.3) is 0 Å². The fraction of sp³-hybridized carbons (Fsp3) is 0.789. The van der Waals surface area contributed by atoms with Crippen molar-refractivity contribution >= 4 is 23.9 Å². The van der Waals surface area contributed by atoms with E-state index >= 15 is 0 Å². The van der Waals surface area contributed by atoms with Crippen molar-refractivity contribution < 1.29 is 48.3 Å². The van der Waals surface area contributed by atoms with Gasteiger partial charge in [0.2, 0.25) is 6.10 Å². The SMILES string of the molecule is CC(C)(C)OC(=O)C1OC(=O)C(O)(C(=O)OC(C)(C)C)C1(O)C(=O)OC(C)(C)C. The second-order valence-electron chi connectivity index (χ2n) is 9.80. The number of carbonyl (C=O) groups is 4. The number of aliphatic hydroxyl groups is 2. The van der Waals surface area contributed by atoms with Gasteiger partial charge in [-0.3, -0.25) is 0 Å². The maximum Gasteiger partial charge on any atom is 0.355 e. The molecule has 1 aliphatic rings. The minimum absolute atomic E-state index is 1.09. The van der Waals surface area contributed by atoms with E-state index in [1.165, 1.54) is 62.3 Å². The lowest BCUT2D eigenvalue weighted by Gasteiger charge is -2.36. The summed E-state index contributed by atoms with van der Waals surface area (Å²) in [6.07, 6.45) is -2.36. The van der Waals surface area contributed by atoms with Gasteiger partial charge >= 0.3 is 29.5 Å². The summed E-state index contributed by atoms with van der Waals surface area (Å²) in [5.41, 5.74) is -10.5. The molecule has 0 aromatic carbocycles. The van der Waals surface area contributed by atoms with Crippen LogP contribution >= 0.6 is 0 Å². The van der Waals surface area contributed by atoms with Crippen LogP contribution in [0.15, 0.2) is 0 Å². The van der Waals surface area contributed by atoms with Gasteiger partial charge in [0, 0.05) is 0 Å². The third kappa shape index (κ3) is 5.05. The first kappa shape index (κ1) is 24.8. The molecule has 1 saturated heterocycles. The first-order chi connectivity index (χ1) is 12.6. The van der Waals surface area contributed by atoms with Crippen LogP contribution in [0.1, 0.15) is 62.3 Å². The fourth-order valence-corrected chi connectivity index (χ4v) is 2.40. The summed E-state index contributed by atoms with van der Waals surface area (Å²) in [6, 6.07) is 0. The zero-order valence-corrected chi connectivity index (χ0v) is 18.2. The Morgan fingerprint density at radius 3 is 1.55 bits per heavy atom. The third-order valence-electron chi connectivity index (χ3n) is 3.48. The summed E-state index contributed by atoms with van der Waals surface area (Å²) in [5, 5.41) is 22.0. The lowest BCUT2D eigenvalue weighted by molar-refractivity contribution is -0.221. The molecule has 0 aromatic heterocycles. The average molecular weight is 418 g/mol. The monoisotopic (exact) mass is 418 g/mol. The largest absolute Gasteiger partial charge is 0.458 e. The molecule has 0 aromatic rings. The van der Waals surface area contributed by atoms with Crippen molar-refractivity contribution in [2.75, 3.05) is 0 Å². The summed E-state index contributed by atoms with van der Waals surface area (Å²) in [6.45, 7) is 13.1. The van der Waals surface area contributed by atoms with E-state index in [0.29, 0.717) is 0 Å². The van der Waals surface area contributed by atoms with Crippen LogP contribution < -0.4 is 0 Å². The van der Waals surface area contributed by atoms with Crippen molar-refractivity contribution in [1.29, 1.82) is 0 Å². The Hall–Kier alpha value is -2.20. The molecule has 0 radical (unpaired) electrons. The van der Waals surface area contributed by atoms with E-state index in [-0.39, 0.29) is 0 Å². The van der Waals surface area contributed by atoms with Gasteiger partial charge < -0.3 is 29.2 Å². The summed E-state index contributed by atoms with van der Waals surface area (Å²) < 4.78 is 19.9. The van der Waals surface area contributed by atoms with E-state index in [2.05, 4.69) is 0 Å². The van der Waals surface area contributed by atoms with E-state index in [4.69, 9.17) is 18.9 Å². The molecule has 0 amide bonds. The second kappa shape index (κ2) is 7.24. The second-order valence-corrected chi connectivity index (χ2v) is 9.80. The van der Waals surface area contributed by atoms with Crippen LogP contribution in [-0.4, -0.2) is 68.2 Å². The Bertz CT molecular complexity index is 706. The minimum Gasteiger partial charge on any atom is -0.458 e. The Kier molecular flexibility index (Phi) is 6.20. The molecule has 10 nitrogen and oxygen atoms in total. The highest BCUT2D eigenvalue weighted by atomic mass is 16.7. The molecule has 1 fully saturated rings. The Labute approximate surface area is 169 Å². The zero-order valence-electron chi connectivity index (χ0n) is 18.2. The number of rotatable bonds is 3. The van der Waals surface area contributed by atoms with Gasteiger partial charge in [0.05, 0.1) is 0 Å². The lowest BCUT2D eigenvalue weighted by atomic mass is 9.80. The molecule has 0 spiro atoms. The van der Waals surface area contributed by atoms with Crippen molar-refractivity contribution in [1.82, 2.24) is 0 Å². The molecular weight excluding hydrogens is 388 g/mol. The molecule has 1 heterocycles. The maximum atomic E-state index is 12.8. The van der Waals surface area contributed by atoms with E-state index in [9.17, 15) is 29.4 Å². The molecule has 166 valence electrons. The number of ether oxygens (including phenoxy) is 4. The van der Waals surface area contributed by atoms with Gasteiger partial charge in [-0.15, -0.1) is 0 Å². The molecule has 2 N–H and O–H groups in total. The van der Waals surface area contributed by atoms with Crippen LogP contribution in [0.3, 0.4) is 0 Å². The zero-order chi connectivity index (χ0) is 23.2. The van der Waals surface area contributed by atoms with E-state index in [1.54, 1.807) is 0 Å². The number of esters is 4. The Morgan fingerprint density at radius 1 is 0.793 bits per heavy atom. The summed E-state index contributed by atoms with van der Waals surface area (Å²) >= 11 is 0. The molecule has 0 aliphatic carbocycles. The predicted octanol–water partition coefficient (Wildman–Crippen LogP) is 0.399. The highest BCUT2D eigenvalue weighted by Crippen LogP contribution is 2.41. The van der Waals surface area contributed by atoms with Crippen molar-refractivity contribution in [2.24, 2.45) is 0 Å². The minimum atomic E-state index is -3.55. The number of cyclic esters (lactones) is 1. The first-order valence-corrected chi connectivity index (χ1v) is 9.01. The van der Waals surface area contributed by atoms with Crippen LogP contribution in [0.5, 0.6) is 0 Å². The fourth-order valence-electron chi connectivity index (χ4n) is 2.40. The Morgan fingerprint density at radius 2 is 1.17 bits per heavy atom. The molecule has 3 atom stereocenters. The molecule has 0 bridgehead atoms. The van der Waals surface area contributed by atoms with Gasteiger partial charge in [-0.25, -0.2) is 19.2 Å². The number of carbonyl (C=O) groups excluding carboxylic acids is 4. The smallest absolute Gasteiger partial charge is 0.355 e. The molecule has 1 aliphatic heterocycles. The lowest BCUT2D eigenvalue weighted by Crippen LogP contribution is -2.70. The highest BCUT2D eigenvalue weighted by molar-refractivity contribution is 6.15. The standard InChI is InChI=1S/C19H30O10/c1-15(2,3)27-11(20)10-18(24,13(22)28-16(4,5)6)19(25,12(21)26-10)14(23)29-17(7,8)9/h10,24-25H,1-9H3. The topological polar surface area (TPSA) is 146 Å². The van der Waals surface area contributed by atoms with Crippen LogP contribution in [0.4, 0.5) is 0 Å². The highest BCUT2D eigenvalue weighted by Gasteiger charge is 2.80. The van der Waals surface area contributed by atoms with E-state index in [1.807, 2.05) is 0 Å². The molecular formula is C19H30O10. The first-order valence-electron chi connectivity index (χ1n) is 9.01. The molecule has 3 unspecified atom stereocenters. The third-order valence-corrected chi connectivity index (χ3v) is 3.48. The van der Waals surface area contributed by atoms with Crippen LogP contribution in [-0.2, 0) is 38.1 Å². The predicted molar refractivity (Wildman–Crippen MR) is 97.3 cm³/mol. The van der Waals surface area contributed by atoms with Crippen molar-refractivity contribution in [2.45, 2.75) is 96.4 Å². The quantitative estimate of drug-likeness (QED) is 0.375. The summed E-state index contributed by atoms with van der Waals surface area (Å²) in [7, 11) is 0. The van der Waals surface area contributed by atoms with Crippen LogP contribution in [0, 0.1) is 0 Å². The normalized spacial score (nSPS) is 27.8. The Balaban J connectivity index is 3.57. The van der Waals surface area contributed by atoms with Gasteiger partial charge in [-0.2, -0.15) is 0 Å². The average Bonchev–Trinajstić information content (AvgIpc) is 2.65. The van der Waals surface area contributed by atoms with E-state index in [0.717, 1.165) is 0 Å². The van der Waals surface area contributed by atoms with Crippen molar-refractivity contribution in [3.05, 3.63) is 0 Å². The van der Waals surface area contributed by atoms with Gasteiger partial charge in [0.15, 0.2) is 0 Å². The maximum absolute atomic E-state index is 12.8. The molecule has 10 heteroatoms. The summed E-state index contributed by atoms with van der Waals surface area (Å²) in [5.74, 6) is -6.39. The summed E-state index contributed by atoms with van der Waals surface area (Å²) in [4.78, 5) is 50.5.